The van der Waals surface area contributed by atoms with Crippen molar-refractivity contribution in [1.82, 2.24) is 5.32 Å². The van der Waals surface area contributed by atoms with Gasteiger partial charge in [0.2, 0.25) is 0 Å². The van der Waals surface area contributed by atoms with Crippen LogP contribution >= 0.6 is 0 Å². The molecule has 3 rings (SSSR count). The smallest absolute Gasteiger partial charge is 0.0642 e. The van der Waals surface area contributed by atoms with Crippen molar-refractivity contribution in [3.63, 3.8) is 0 Å². The van der Waals surface area contributed by atoms with Crippen molar-refractivity contribution in [2.24, 2.45) is 0 Å². The van der Waals surface area contributed by atoms with Gasteiger partial charge in [-0.2, -0.15) is 0 Å². The zero-order chi connectivity index (χ0) is 13.6. The van der Waals surface area contributed by atoms with E-state index in [1.54, 1.807) is 0 Å². The fraction of sp³-hybridized carbons (Fsp3) is 0.647. The predicted molar refractivity (Wildman–Crippen MR) is 83.2 cm³/mol. The molecule has 20 heavy (non-hydrogen) atoms. The van der Waals surface area contributed by atoms with Crippen LogP contribution in [-0.4, -0.2) is 32.3 Å². The van der Waals surface area contributed by atoms with E-state index in [9.17, 15) is 0 Å². The minimum Gasteiger partial charge on any atom is -0.378 e. The molecular formula is C17H26N2O. The van der Waals surface area contributed by atoms with Crippen LogP contribution in [0.3, 0.4) is 0 Å². The average molecular weight is 274 g/mol. The number of nitrogens with one attached hydrogen (secondary N) is 1. The van der Waals surface area contributed by atoms with E-state index in [1.165, 1.54) is 43.4 Å². The fourth-order valence-electron chi connectivity index (χ4n) is 3.22. The number of rotatable bonds is 4. The second kappa shape index (κ2) is 7.09. The number of benzene rings is 1. The minimum absolute atomic E-state index is 0.739. The summed E-state index contributed by atoms with van der Waals surface area (Å²) in [5.74, 6) is 0. The molecule has 2 fully saturated rings. The van der Waals surface area contributed by atoms with E-state index in [0.717, 1.165) is 38.9 Å². The van der Waals surface area contributed by atoms with Crippen LogP contribution in [0.25, 0.3) is 0 Å². The molecule has 1 heterocycles. The molecule has 0 amide bonds. The van der Waals surface area contributed by atoms with Gasteiger partial charge in [-0.25, -0.2) is 0 Å². The molecule has 0 unspecified atom stereocenters. The normalized spacial score (nSPS) is 21.1. The number of hydrogen-bond acceptors (Lipinski definition) is 3. The van der Waals surface area contributed by atoms with Crippen molar-refractivity contribution in [1.29, 1.82) is 0 Å². The van der Waals surface area contributed by atoms with Crippen molar-refractivity contribution in [3.05, 3.63) is 29.8 Å². The Morgan fingerprint density at radius 3 is 2.40 bits per heavy atom. The van der Waals surface area contributed by atoms with Gasteiger partial charge < -0.3 is 15.0 Å². The zero-order valence-electron chi connectivity index (χ0n) is 12.3. The van der Waals surface area contributed by atoms with Gasteiger partial charge in [0.15, 0.2) is 0 Å². The SMILES string of the molecule is c1cc(N2CCOCC2)ccc1CNC1CCCCC1. The van der Waals surface area contributed by atoms with Crippen LogP contribution in [0.2, 0.25) is 0 Å². The lowest BCUT2D eigenvalue weighted by Gasteiger charge is -2.29. The monoisotopic (exact) mass is 274 g/mol. The molecule has 0 bridgehead atoms. The molecule has 0 atom stereocenters. The van der Waals surface area contributed by atoms with Crippen LogP contribution in [0, 0.1) is 0 Å². The lowest BCUT2D eigenvalue weighted by molar-refractivity contribution is 0.122. The molecular weight excluding hydrogens is 248 g/mol. The lowest BCUT2D eigenvalue weighted by atomic mass is 9.95. The summed E-state index contributed by atoms with van der Waals surface area (Å²) in [4.78, 5) is 2.40. The molecule has 1 aromatic rings. The van der Waals surface area contributed by atoms with Crippen molar-refractivity contribution in [2.75, 3.05) is 31.2 Å². The topological polar surface area (TPSA) is 24.5 Å². The summed E-state index contributed by atoms with van der Waals surface area (Å²) in [5.41, 5.74) is 2.72. The molecule has 1 aromatic carbocycles. The summed E-state index contributed by atoms with van der Waals surface area (Å²) >= 11 is 0. The standard InChI is InChI=1S/C17H26N2O/c1-2-4-16(5-3-1)18-14-15-6-8-17(9-7-15)19-10-12-20-13-11-19/h6-9,16,18H,1-5,10-14H2. The lowest BCUT2D eigenvalue weighted by Crippen LogP contribution is -2.36. The molecule has 2 aliphatic rings. The molecule has 1 saturated heterocycles. The molecule has 0 radical (unpaired) electrons. The Hall–Kier alpha value is -1.06. The number of nitrogens with zero attached hydrogens (tertiary/aromatic N) is 1. The highest BCUT2D eigenvalue weighted by Crippen LogP contribution is 2.19. The van der Waals surface area contributed by atoms with Gasteiger partial charge in [-0.15, -0.1) is 0 Å². The Bertz CT molecular complexity index is 392. The molecule has 1 aliphatic carbocycles. The summed E-state index contributed by atoms with van der Waals surface area (Å²) in [6, 6.07) is 9.77. The maximum absolute atomic E-state index is 5.40. The number of hydrogen-bond donors (Lipinski definition) is 1. The first kappa shape index (κ1) is 13.9. The highest BCUT2D eigenvalue weighted by atomic mass is 16.5. The largest absolute Gasteiger partial charge is 0.378 e. The van der Waals surface area contributed by atoms with Gasteiger partial charge in [-0.3, -0.25) is 0 Å². The van der Waals surface area contributed by atoms with Gasteiger partial charge in [0, 0.05) is 31.4 Å². The minimum atomic E-state index is 0.739. The molecule has 0 aromatic heterocycles. The third-order valence-corrected chi connectivity index (χ3v) is 4.51. The predicted octanol–water partition coefficient (Wildman–Crippen LogP) is 2.95. The van der Waals surface area contributed by atoms with Crippen LogP contribution in [-0.2, 0) is 11.3 Å². The molecule has 1 N–H and O–H groups in total. The molecule has 1 saturated carbocycles. The van der Waals surface area contributed by atoms with E-state index in [2.05, 4.69) is 34.5 Å². The van der Waals surface area contributed by atoms with Crippen molar-refractivity contribution in [2.45, 2.75) is 44.7 Å². The van der Waals surface area contributed by atoms with Gasteiger partial charge in [0.05, 0.1) is 13.2 Å². The van der Waals surface area contributed by atoms with Crippen LogP contribution in [0.1, 0.15) is 37.7 Å². The van der Waals surface area contributed by atoms with Gasteiger partial charge in [-0.1, -0.05) is 31.4 Å². The van der Waals surface area contributed by atoms with Gasteiger partial charge in [0.1, 0.15) is 0 Å². The number of morpholine rings is 1. The van der Waals surface area contributed by atoms with E-state index < -0.39 is 0 Å². The summed E-state index contributed by atoms with van der Waals surface area (Å²) < 4.78 is 5.40. The second-order valence-electron chi connectivity index (χ2n) is 5.98. The summed E-state index contributed by atoms with van der Waals surface area (Å²) in [6.45, 7) is 4.74. The van der Waals surface area contributed by atoms with Gasteiger partial charge in [0.25, 0.3) is 0 Å². The van der Waals surface area contributed by atoms with E-state index in [4.69, 9.17) is 4.74 Å². The van der Waals surface area contributed by atoms with Gasteiger partial charge in [-0.05, 0) is 30.5 Å². The first-order valence-electron chi connectivity index (χ1n) is 8.07. The Labute approximate surface area is 122 Å². The molecule has 3 heteroatoms. The van der Waals surface area contributed by atoms with Crippen LogP contribution in [0.5, 0.6) is 0 Å². The number of ether oxygens (including phenoxy) is 1. The van der Waals surface area contributed by atoms with E-state index in [-0.39, 0.29) is 0 Å². The first-order chi connectivity index (χ1) is 9.92. The summed E-state index contributed by atoms with van der Waals surface area (Å²) in [7, 11) is 0. The maximum atomic E-state index is 5.40. The molecule has 3 nitrogen and oxygen atoms in total. The first-order valence-corrected chi connectivity index (χ1v) is 8.07. The number of anilines is 1. The van der Waals surface area contributed by atoms with E-state index in [0.29, 0.717) is 0 Å². The van der Waals surface area contributed by atoms with Crippen molar-refractivity contribution < 1.29 is 4.74 Å². The highest BCUT2D eigenvalue weighted by Gasteiger charge is 2.13. The Balaban J connectivity index is 1.50. The molecule has 110 valence electrons. The Morgan fingerprint density at radius 2 is 1.70 bits per heavy atom. The zero-order valence-corrected chi connectivity index (χ0v) is 12.3. The van der Waals surface area contributed by atoms with E-state index >= 15 is 0 Å². The van der Waals surface area contributed by atoms with Gasteiger partial charge >= 0.3 is 0 Å². The Morgan fingerprint density at radius 1 is 1.00 bits per heavy atom. The summed E-state index contributed by atoms with van der Waals surface area (Å²) in [5, 5.41) is 3.70. The average Bonchev–Trinajstić information content (AvgIpc) is 2.55. The van der Waals surface area contributed by atoms with Crippen LogP contribution in [0.4, 0.5) is 5.69 Å². The van der Waals surface area contributed by atoms with Crippen molar-refractivity contribution >= 4 is 5.69 Å². The molecule has 0 spiro atoms. The van der Waals surface area contributed by atoms with Crippen LogP contribution in [0.15, 0.2) is 24.3 Å². The fourth-order valence-corrected chi connectivity index (χ4v) is 3.22. The highest BCUT2D eigenvalue weighted by molar-refractivity contribution is 5.47. The Kier molecular flexibility index (Phi) is 4.93. The third kappa shape index (κ3) is 3.74. The second-order valence-corrected chi connectivity index (χ2v) is 5.98. The summed E-state index contributed by atoms with van der Waals surface area (Å²) in [6.07, 6.45) is 6.92. The quantitative estimate of drug-likeness (QED) is 0.913. The maximum Gasteiger partial charge on any atom is 0.0642 e. The van der Waals surface area contributed by atoms with Crippen LogP contribution < -0.4 is 10.2 Å². The third-order valence-electron chi connectivity index (χ3n) is 4.51. The van der Waals surface area contributed by atoms with Crippen molar-refractivity contribution in [3.8, 4) is 0 Å². The molecule has 1 aliphatic heterocycles. The van der Waals surface area contributed by atoms with E-state index in [1.807, 2.05) is 0 Å².